The fourth-order valence-electron chi connectivity index (χ4n) is 3.20. The van der Waals surface area contributed by atoms with E-state index in [-0.39, 0.29) is 21.5 Å². The number of sulfonamides is 1. The summed E-state index contributed by atoms with van der Waals surface area (Å²) in [5.41, 5.74) is 1.60. The second kappa shape index (κ2) is 7.02. The molecule has 10 heteroatoms. The molecule has 1 unspecified atom stereocenters. The van der Waals surface area contributed by atoms with Crippen LogP contribution in [0, 0.1) is 0 Å². The lowest BCUT2D eigenvalue weighted by Crippen LogP contribution is -2.33. The molecule has 0 spiro atoms. The third-order valence-corrected chi connectivity index (χ3v) is 7.49. The van der Waals surface area contributed by atoms with Gasteiger partial charge in [-0.3, -0.25) is 4.79 Å². The molecular weight excluding hydrogens is 398 g/mol. The highest BCUT2D eigenvalue weighted by molar-refractivity contribution is 8.00. The SMILES string of the molecule is CC(C)c1cccc2c1C(=O)N(C(Sc1nn[nH]n1)c1ccccc1)S2(=O)=O. The minimum Gasteiger partial charge on any atom is -0.268 e. The summed E-state index contributed by atoms with van der Waals surface area (Å²) >= 11 is 1.05. The van der Waals surface area contributed by atoms with Gasteiger partial charge in [0, 0.05) is 0 Å². The van der Waals surface area contributed by atoms with Crippen LogP contribution in [0.15, 0.2) is 58.6 Å². The van der Waals surface area contributed by atoms with Crippen molar-refractivity contribution in [2.24, 2.45) is 0 Å². The molecule has 1 aromatic heterocycles. The van der Waals surface area contributed by atoms with Crippen LogP contribution in [0.3, 0.4) is 0 Å². The van der Waals surface area contributed by atoms with E-state index < -0.39 is 21.3 Å². The van der Waals surface area contributed by atoms with E-state index >= 15 is 0 Å². The number of tetrazole rings is 1. The first-order valence-electron chi connectivity index (χ1n) is 8.58. The molecule has 1 N–H and O–H groups in total. The highest BCUT2D eigenvalue weighted by Gasteiger charge is 2.47. The van der Waals surface area contributed by atoms with Crippen LogP contribution in [-0.4, -0.2) is 39.3 Å². The number of hydrogen-bond donors (Lipinski definition) is 1. The van der Waals surface area contributed by atoms with E-state index in [1.807, 2.05) is 19.9 Å². The van der Waals surface area contributed by atoms with E-state index in [1.54, 1.807) is 36.4 Å². The van der Waals surface area contributed by atoms with Crippen LogP contribution in [0.1, 0.15) is 46.6 Å². The molecule has 0 saturated heterocycles. The lowest BCUT2D eigenvalue weighted by molar-refractivity contribution is 0.0860. The van der Waals surface area contributed by atoms with Gasteiger partial charge in [-0.1, -0.05) is 68.1 Å². The Morgan fingerprint density at radius 1 is 1.07 bits per heavy atom. The molecule has 4 rings (SSSR count). The van der Waals surface area contributed by atoms with Gasteiger partial charge in [0.2, 0.25) is 5.16 Å². The van der Waals surface area contributed by atoms with Crippen molar-refractivity contribution in [3.63, 3.8) is 0 Å². The minimum atomic E-state index is -4.03. The zero-order chi connectivity index (χ0) is 19.9. The van der Waals surface area contributed by atoms with Crippen LogP contribution >= 0.6 is 11.8 Å². The predicted octanol–water partition coefficient (Wildman–Crippen LogP) is 2.96. The molecule has 1 amide bonds. The van der Waals surface area contributed by atoms with E-state index in [2.05, 4.69) is 20.6 Å². The first kappa shape index (κ1) is 18.6. The molecule has 3 aromatic rings. The summed E-state index contributed by atoms with van der Waals surface area (Å²) in [6.07, 6.45) is 0. The fourth-order valence-corrected chi connectivity index (χ4v) is 6.15. The lowest BCUT2D eigenvalue weighted by atomic mass is 9.96. The zero-order valence-electron chi connectivity index (χ0n) is 15.1. The molecule has 1 atom stereocenters. The van der Waals surface area contributed by atoms with Gasteiger partial charge in [-0.25, -0.2) is 12.7 Å². The van der Waals surface area contributed by atoms with Crippen molar-refractivity contribution in [1.29, 1.82) is 0 Å². The van der Waals surface area contributed by atoms with Crippen molar-refractivity contribution >= 4 is 27.7 Å². The number of nitrogens with one attached hydrogen (secondary N) is 1. The quantitative estimate of drug-likeness (QED) is 0.638. The second-order valence-electron chi connectivity index (χ2n) is 6.56. The topological polar surface area (TPSA) is 109 Å². The van der Waals surface area contributed by atoms with E-state index in [0.29, 0.717) is 11.1 Å². The standard InChI is InChI=1S/C18H17N5O3S2/c1-11(2)13-9-6-10-14-15(13)16(24)23(28(14,25)26)17(12-7-4-3-5-8-12)27-18-19-21-22-20-18/h3-11,17H,1-2H3,(H,19,20,21,22). The number of H-pyrrole nitrogens is 1. The number of benzene rings is 2. The van der Waals surface area contributed by atoms with Gasteiger partial charge in [-0.2, -0.15) is 5.21 Å². The van der Waals surface area contributed by atoms with Gasteiger partial charge < -0.3 is 0 Å². The lowest BCUT2D eigenvalue weighted by Gasteiger charge is -2.25. The zero-order valence-corrected chi connectivity index (χ0v) is 16.7. The number of thioether (sulfide) groups is 1. The Hall–Kier alpha value is -2.72. The van der Waals surface area contributed by atoms with Gasteiger partial charge in [-0.05, 0) is 28.3 Å². The Labute approximate surface area is 166 Å². The summed E-state index contributed by atoms with van der Waals surface area (Å²) in [4.78, 5) is 13.4. The van der Waals surface area contributed by atoms with Gasteiger partial charge in [-0.15, -0.1) is 10.2 Å². The Morgan fingerprint density at radius 3 is 2.46 bits per heavy atom. The van der Waals surface area contributed by atoms with Crippen molar-refractivity contribution in [1.82, 2.24) is 24.9 Å². The Kier molecular flexibility index (Phi) is 4.68. The Balaban J connectivity index is 1.87. The van der Waals surface area contributed by atoms with Gasteiger partial charge in [0.25, 0.3) is 15.9 Å². The summed E-state index contributed by atoms with van der Waals surface area (Å²) in [6, 6.07) is 13.9. The minimum absolute atomic E-state index is 0.00841. The number of aromatic nitrogens is 4. The summed E-state index contributed by atoms with van der Waals surface area (Å²) in [6.45, 7) is 3.86. The van der Waals surface area contributed by atoms with E-state index in [1.165, 1.54) is 6.07 Å². The number of nitrogens with zero attached hydrogens (tertiary/aromatic N) is 4. The number of hydrogen-bond acceptors (Lipinski definition) is 7. The van der Waals surface area contributed by atoms with Crippen LogP contribution in [0.5, 0.6) is 0 Å². The van der Waals surface area contributed by atoms with Gasteiger partial charge in [0.05, 0.1) is 5.56 Å². The first-order valence-corrected chi connectivity index (χ1v) is 10.9. The van der Waals surface area contributed by atoms with Crippen LogP contribution in [-0.2, 0) is 10.0 Å². The smallest absolute Gasteiger partial charge is 0.268 e. The van der Waals surface area contributed by atoms with E-state index in [4.69, 9.17) is 0 Å². The second-order valence-corrected chi connectivity index (χ2v) is 9.39. The van der Waals surface area contributed by atoms with Crippen molar-refractivity contribution in [2.75, 3.05) is 0 Å². The number of fused-ring (bicyclic) bond motifs is 1. The molecule has 1 aliphatic heterocycles. The average Bonchev–Trinajstić information content (AvgIpc) is 3.26. The molecule has 0 aliphatic carbocycles. The Morgan fingerprint density at radius 2 is 1.82 bits per heavy atom. The molecule has 0 saturated carbocycles. The summed E-state index contributed by atoms with van der Waals surface area (Å²) in [7, 11) is -4.03. The molecule has 2 heterocycles. The third kappa shape index (κ3) is 2.98. The van der Waals surface area contributed by atoms with Crippen LogP contribution in [0.2, 0.25) is 0 Å². The predicted molar refractivity (Wildman–Crippen MR) is 103 cm³/mol. The molecule has 0 bridgehead atoms. The monoisotopic (exact) mass is 415 g/mol. The maximum atomic E-state index is 13.4. The van der Waals surface area contributed by atoms with E-state index in [0.717, 1.165) is 16.1 Å². The molecule has 2 aromatic carbocycles. The van der Waals surface area contributed by atoms with Gasteiger partial charge >= 0.3 is 0 Å². The Bertz CT molecular complexity index is 1120. The molecule has 1 aliphatic rings. The average molecular weight is 416 g/mol. The summed E-state index contributed by atoms with van der Waals surface area (Å²) in [5.74, 6) is -0.529. The van der Waals surface area contributed by atoms with Crippen molar-refractivity contribution < 1.29 is 13.2 Å². The number of aromatic amines is 1. The fraction of sp³-hybridized carbons (Fsp3) is 0.222. The number of rotatable bonds is 5. The summed E-state index contributed by atoms with van der Waals surface area (Å²) < 4.78 is 27.6. The number of amides is 1. The molecule has 28 heavy (non-hydrogen) atoms. The first-order chi connectivity index (χ1) is 13.4. The molecule has 0 radical (unpaired) electrons. The molecule has 144 valence electrons. The highest BCUT2D eigenvalue weighted by atomic mass is 32.2. The van der Waals surface area contributed by atoms with Crippen molar-refractivity contribution in [3.05, 3.63) is 65.2 Å². The van der Waals surface area contributed by atoms with Crippen LogP contribution in [0.4, 0.5) is 0 Å². The van der Waals surface area contributed by atoms with Crippen molar-refractivity contribution in [3.8, 4) is 0 Å². The molecule has 8 nitrogen and oxygen atoms in total. The third-order valence-electron chi connectivity index (χ3n) is 4.47. The maximum absolute atomic E-state index is 13.4. The number of carbonyl (C=O) groups excluding carboxylic acids is 1. The largest absolute Gasteiger partial charge is 0.270 e. The van der Waals surface area contributed by atoms with Gasteiger partial charge in [0.15, 0.2) is 0 Å². The highest BCUT2D eigenvalue weighted by Crippen LogP contribution is 2.45. The van der Waals surface area contributed by atoms with Crippen molar-refractivity contribution in [2.45, 2.75) is 35.2 Å². The maximum Gasteiger partial charge on any atom is 0.270 e. The number of carbonyl (C=O) groups is 1. The summed E-state index contributed by atoms with van der Waals surface area (Å²) in [5, 5.41) is 13.1. The van der Waals surface area contributed by atoms with Crippen LogP contribution in [0.25, 0.3) is 0 Å². The van der Waals surface area contributed by atoms with Crippen LogP contribution < -0.4 is 0 Å². The van der Waals surface area contributed by atoms with E-state index in [9.17, 15) is 13.2 Å². The molecule has 0 fully saturated rings. The van der Waals surface area contributed by atoms with Gasteiger partial charge in [0.1, 0.15) is 10.3 Å². The normalized spacial score (nSPS) is 16.4. The molecular formula is C18H17N5O3S2.